The number of aryl methyl sites for hydroxylation is 1. The number of hydrogen-bond donors (Lipinski definition) is 0. The Labute approximate surface area is 137 Å². The Hall–Kier alpha value is -0.490. The van der Waals surface area contributed by atoms with Gasteiger partial charge < -0.3 is 9.47 Å². The van der Waals surface area contributed by atoms with Crippen molar-refractivity contribution in [1.82, 2.24) is 9.88 Å². The maximum atomic E-state index is 6.29. The van der Waals surface area contributed by atoms with Gasteiger partial charge in [-0.05, 0) is 33.6 Å². The Morgan fingerprint density at radius 3 is 3.14 bits per heavy atom. The summed E-state index contributed by atoms with van der Waals surface area (Å²) in [6.45, 7) is 11.0. The van der Waals surface area contributed by atoms with Crippen LogP contribution in [0, 0.1) is 12.8 Å². The maximum Gasteiger partial charge on any atom is 0.0898 e. The monoisotopic (exact) mass is 324 g/mol. The van der Waals surface area contributed by atoms with Crippen LogP contribution in [0.3, 0.4) is 0 Å². The molecule has 2 aliphatic rings. The third-order valence-electron chi connectivity index (χ3n) is 5.10. The van der Waals surface area contributed by atoms with Gasteiger partial charge in [-0.3, -0.25) is 4.90 Å². The number of aromatic nitrogens is 1. The van der Waals surface area contributed by atoms with Crippen LogP contribution in [0.15, 0.2) is 5.38 Å². The lowest BCUT2D eigenvalue weighted by molar-refractivity contribution is -0.147. The molecule has 0 aromatic carbocycles. The van der Waals surface area contributed by atoms with E-state index < -0.39 is 0 Å². The molecule has 22 heavy (non-hydrogen) atoms. The van der Waals surface area contributed by atoms with Gasteiger partial charge in [-0.15, -0.1) is 11.3 Å². The Balaban J connectivity index is 1.55. The first kappa shape index (κ1) is 16.4. The van der Waals surface area contributed by atoms with E-state index in [1.165, 1.54) is 19.3 Å². The molecule has 5 heteroatoms. The zero-order valence-corrected chi connectivity index (χ0v) is 14.8. The molecule has 0 bridgehead atoms. The zero-order chi connectivity index (χ0) is 15.6. The van der Waals surface area contributed by atoms with E-state index in [1.807, 2.05) is 6.92 Å². The van der Waals surface area contributed by atoms with Crippen molar-refractivity contribution in [3.05, 3.63) is 16.1 Å². The van der Waals surface area contributed by atoms with Crippen LogP contribution in [-0.2, 0) is 16.1 Å². The first-order valence-corrected chi connectivity index (χ1v) is 9.34. The summed E-state index contributed by atoms with van der Waals surface area (Å²) < 4.78 is 12.3. The van der Waals surface area contributed by atoms with Gasteiger partial charge in [-0.2, -0.15) is 0 Å². The number of morpholine rings is 1. The fourth-order valence-electron chi connectivity index (χ4n) is 3.80. The molecule has 1 saturated carbocycles. The lowest BCUT2D eigenvalue weighted by Crippen LogP contribution is -2.56. The molecule has 1 aliphatic carbocycles. The molecule has 124 valence electrons. The molecule has 1 aromatic heterocycles. The molecule has 4 nitrogen and oxygen atoms in total. The number of hydrogen-bond acceptors (Lipinski definition) is 5. The minimum atomic E-state index is 0.0283. The number of rotatable bonds is 5. The van der Waals surface area contributed by atoms with Gasteiger partial charge in [-0.1, -0.05) is 6.42 Å². The second-order valence-corrected chi connectivity index (χ2v) is 8.00. The van der Waals surface area contributed by atoms with Crippen molar-refractivity contribution < 1.29 is 9.47 Å². The van der Waals surface area contributed by atoms with Crippen LogP contribution >= 0.6 is 11.3 Å². The zero-order valence-electron chi connectivity index (χ0n) is 14.0. The summed E-state index contributed by atoms with van der Waals surface area (Å²) in [5.41, 5.74) is 1.09. The molecular formula is C17H28N2O2S. The number of nitrogens with zero attached hydrogens (tertiary/aromatic N) is 2. The van der Waals surface area contributed by atoms with Gasteiger partial charge in [0, 0.05) is 30.4 Å². The minimum Gasteiger partial charge on any atom is -0.375 e. The van der Waals surface area contributed by atoms with Crippen LogP contribution in [0.4, 0.5) is 0 Å². The predicted molar refractivity (Wildman–Crippen MR) is 89.2 cm³/mol. The van der Waals surface area contributed by atoms with Crippen LogP contribution in [0.2, 0.25) is 0 Å². The summed E-state index contributed by atoms with van der Waals surface area (Å²) >= 11 is 1.69. The molecule has 0 amide bonds. The lowest BCUT2D eigenvalue weighted by Gasteiger charge is -2.45. The van der Waals surface area contributed by atoms with Crippen LogP contribution in [0.1, 0.15) is 43.8 Å². The summed E-state index contributed by atoms with van der Waals surface area (Å²) in [5.74, 6) is 0.522. The molecule has 3 rings (SSSR count). The van der Waals surface area contributed by atoms with Crippen molar-refractivity contribution in [1.29, 1.82) is 0 Å². The van der Waals surface area contributed by atoms with E-state index in [4.69, 9.17) is 9.47 Å². The standard InChI is InChI=1S/C17H28N2O2S/c1-13(2)19-7-8-21-17(12-19)6-4-5-15(17)9-20-10-16-11-22-14(3)18-16/h11,13,15H,4-10,12H2,1-3H3/t15-,17+/m0/s1. The van der Waals surface area contributed by atoms with Gasteiger partial charge in [0.05, 0.1) is 36.1 Å². The molecular weight excluding hydrogens is 296 g/mol. The van der Waals surface area contributed by atoms with Gasteiger partial charge in [0.1, 0.15) is 0 Å². The van der Waals surface area contributed by atoms with Gasteiger partial charge in [-0.25, -0.2) is 4.98 Å². The third-order valence-corrected chi connectivity index (χ3v) is 5.92. The summed E-state index contributed by atoms with van der Waals surface area (Å²) in [6.07, 6.45) is 3.66. The fraction of sp³-hybridized carbons (Fsp3) is 0.824. The summed E-state index contributed by atoms with van der Waals surface area (Å²) in [4.78, 5) is 7.03. The van der Waals surface area contributed by atoms with Crippen molar-refractivity contribution in [3.63, 3.8) is 0 Å². The number of thiazole rings is 1. The van der Waals surface area contributed by atoms with Gasteiger partial charge in [0.2, 0.25) is 0 Å². The minimum absolute atomic E-state index is 0.0283. The topological polar surface area (TPSA) is 34.6 Å². The van der Waals surface area contributed by atoms with Gasteiger partial charge >= 0.3 is 0 Å². The predicted octanol–water partition coefficient (Wildman–Crippen LogP) is 3.25. The molecule has 2 fully saturated rings. The Morgan fingerprint density at radius 1 is 1.55 bits per heavy atom. The maximum absolute atomic E-state index is 6.29. The quantitative estimate of drug-likeness (QED) is 0.833. The van der Waals surface area contributed by atoms with Crippen molar-refractivity contribution in [2.24, 2.45) is 5.92 Å². The molecule has 1 spiro atoms. The Bertz CT molecular complexity index is 491. The second-order valence-electron chi connectivity index (χ2n) is 6.94. The average molecular weight is 324 g/mol. The molecule has 0 radical (unpaired) electrons. The van der Waals surface area contributed by atoms with Gasteiger partial charge in [0.15, 0.2) is 0 Å². The molecule has 1 aromatic rings. The summed E-state index contributed by atoms with van der Waals surface area (Å²) in [6, 6.07) is 0.598. The van der Waals surface area contributed by atoms with E-state index in [1.54, 1.807) is 11.3 Å². The van der Waals surface area contributed by atoms with E-state index in [0.29, 0.717) is 18.6 Å². The summed E-state index contributed by atoms with van der Waals surface area (Å²) in [7, 11) is 0. The Morgan fingerprint density at radius 2 is 2.41 bits per heavy atom. The summed E-state index contributed by atoms with van der Waals surface area (Å²) in [5, 5.41) is 3.20. The SMILES string of the molecule is Cc1nc(COC[C@@H]2CCC[C@@]23CN(C(C)C)CCO3)cs1. The van der Waals surface area contributed by atoms with Gasteiger partial charge in [0.25, 0.3) is 0 Å². The molecule has 1 saturated heterocycles. The second kappa shape index (κ2) is 6.95. The highest BCUT2D eigenvalue weighted by atomic mass is 32.1. The first-order chi connectivity index (χ1) is 10.6. The molecule has 0 N–H and O–H groups in total. The van der Waals surface area contributed by atoms with Crippen molar-refractivity contribution in [3.8, 4) is 0 Å². The van der Waals surface area contributed by atoms with E-state index in [-0.39, 0.29) is 5.60 Å². The van der Waals surface area contributed by atoms with Crippen molar-refractivity contribution in [2.75, 3.05) is 26.3 Å². The highest BCUT2D eigenvalue weighted by Crippen LogP contribution is 2.41. The highest BCUT2D eigenvalue weighted by Gasteiger charge is 2.47. The Kier molecular flexibility index (Phi) is 5.17. The van der Waals surface area contributed by atoms with E-state index in [0.717, 1.165) is 37.0 Å². The molecule has 2 heterocycles. The van der Waals surface area contributed by atoms with E-state index in [9.17, 15) is 0 Å². The largest absolute Gasteiger partial charge is 0.375 e. The van der Waals surface area contributed by atoms with Crippen LogP contribution in [0.5, 0.6) is 0 Å². The van der Waals surface area contributed by atoms with Crippen LogP contribution < -0.4 is 0 Å². The molecule has 0 unspecified atom stereocenters. The average Bonchev–Trinajstić information content (AvgIpc) is 3.07. The van der Waals surface area contributed by atoms with Crippen LogP contribution in [0.25, 0.3) is 0 Å². The first-order valence-electron chi connectivity index (χ1n) is 8.46. The molecule has 2 atom stereocenters. The lowest BCUT2D eigenvalue weighted by atomic mass is 9.89. The van der Waals surface area contributed by atoms with E-state index >= 15 is 0 Å². The third kappa shape index (κ3) is 3.53. The molecule has 1 aliphatic heterocycles. The highest BCUT2D eigenvalue weighted by molar-refractivity contribution is 7.09. The normalized spacial score (nSPS) is 29.7. The van der Waals surface area contributed by atoms with Crippen molar-refractivity contribution in [2.45, 2.75) is 58.3 Å². The fourth-order valence-corrected chi connectivity index (χ4v) is 4.40. The smallest absolute Gasteiger partial charge is 0.0898 e. The van der Waals surface area contributed by atoms with Crippen LogP contribution in [-0.4, -0.2) is 47.8 Å². The number of ether oxygens (including phenoxy) is 2. The van der Waals surface area contributed by atoms with E-state index in [2.05, 4.69) is 29.1 Å². The van der Waals surface area contributed by atoms with Crippen molar-refractivity contribution >= 4 is 11.3 Å².